The van der Waals surface area contributed by atoms with Gasteiger partial charge in [0.15, 0.2) is 0 Å². The molecule has 0 bridgehead atoms. The summed E-state index contributed by atoms with van der Waals surface area (Å²) in [7, 11) is 0. The molecule has 1 heterocycles. The Morgan fingerprint density at radius 2 is 2.16 bits per heavy atom. The highest BCUT2D eigenvalue weighted by molar-refractivity contribution is 9.10. The first kappa shape index (κ1) is 19.9. The molecule has 3 N–H and O–H groups in total. The molecule has 0 aliphatic heterocycles. The highest BCUT2D eigenvalue weighted by Gasteiger charge is 2.10. The summed E-state index contributed by atoms with van der Waals surface area (Å²) in [4.78, 5) is 12.0. The maximum atomic E-state index is 12.0. The maximum Gasteiger partial charge on any atom is 0.228 e. The predicted octanol–water partition coefficient (Wildman–Crippen LogP) is 3.43. The van der Waals surface area contributed by atoms with Crippen molar-refractivity contribution in [1.29, 1.82) is 0 Å². The van der Waals surface area contributed by atoms with Gasteiger partial charge in [0.05, 0.1) is 10.9 Å². The standard InChI is InChI=1S/C18H23BrN2O3S/c1-12(2)20-9-15(22)10-24-17-4-3-14(8-16(17)19)21-18(23)7-13-5-6-25-11-13/h3-6,8,11-12,15,20,22H,7,9-10H2,1-2H3,(H,21,23). The van der Waals surface area contributed by atoms with Gasteiger partial charge in [0.2, 0.25) is 5.91 Å². The van der Waals surface area contributed by atoms with E-state index in [1.165, 1.54) is 0 Å². The molecule has 2 aromatic rings. The molecule has 0 spiro atoms. The number of carbonyl (C=O) groups excluding carboxylic acids is 1. The molecule has 25 heavy (non-hydrogen) atoms. The van der Waals surface area contributed by atoms with E-state index in [4.69, 9.17) is 4.74 Å². The third-order valence-corrected chi connectivity index (χ3v) is 4.71. The number of halogens is 1. The van der Waals surface area contributed by atoms with E-state index in [9.17, 15) is 9.90 Å². The van der Waals surface area contributed by atoms with E-state index in [1.54, 1.807) is 29.5 Å². The van der Waals surface area contributed by atoms with Crippen LogP contribution < -0.4 is 15.4 Å². The van der Waals surface area contributed by atoms with Gasteiger partial charge < -0.3 is 20.5 Å². The Balaban J connectivity index is 1.84. The first-order valence-corrected chi connectivity index (χ1v) is 9.82. The lowest BCUT2D eigenvalue weighted by atomic mass is 10.2. The van der Waals surface area contributed by atoms with Crippen LogP contribution in [0.5, 0.6) is 5.75 Å². The molecule has 0 fully saturated rings. The Morgan fingerprint density at radius 3 is 2.80 bits per heavy atom. The van der Waals surface area contributed by atoms with Crippen molar-refractivity contribution in [2.75, 3.05) is 18.5 Å². The van der Waals surface area contributed by atoms with Crippen LogP contribution in [0.4, 0.5) is 5.69 Å². The van der Waals surface area contributed by atoms with Gasteiger partial charge in [0, 0.05) is 18.3 Å². The minimum Gasteiger partial charge on any atom is -0.490 e. The second kappa shape index (κ2) is 9.91. The number of anilines is 1. The Kier molecular flexibility index (Phi) is 7.90. The molecule has 1 atom stereocenters. The van der Waals surface area contributed by atoms with Gasteiger partial charge in [0.25, 0.3) is 0 Å². The number of rotatable bonds is 9. The molecule has 1 aromatic heterocycles. The lowest BCUT2D eigenvalue weighted by Gasteiger charge is -2.16. The van der Waals surface area contributed by atoms with Crippen LogP contribution in [0.15, 0.2) is 39.5 Å². The minimum absolute atomic E-state index is 0.0610. The molecule has 1 aromatic carbocycles. The van der Waals surface area contributed by atoms with Crippen LogP contribution in [-0.2, 0) is 11.2 Å². The summed E-state index contributed by atoms with van der Waals surface area (Å²) in [5.74, 6) is 0.564. The van der Waals surface area contributed by atoms with Crippen molar-refractivity contribution in [3.63, 3.8) is 0 Å². The van der Waals surface area contributed by atoms with E-state index in [-0.39, 0.29) is 12.5 Å². The number of nitrogens with one attached hydrogen (secondary N) is 2. The summed E-state index contributed by atoms with van der Waals surface area (Å²) < 4.78 is 6.35. The first-order valence-electron chi connectivity index (χ1n) is 8.08. The highest BCUT2D eigenvalue weighted by atomic mass is 79.9. The molecule has 5 nitrogen and oxygen atoms in total. The van der Waals surface area contributed by atoms with Gasteiger partial charge in [0.1, 0.15) is 18.5 Å². The fraction of sp³-hybridized carbons (Fsp3) is 0.389. The van der Waals surface area contributed by atoms with Crippen LogP contribution in [0.1, 0.15) is 19.4 Å². The normalized spacial score (nSPS) is 12.2. The number of thiophene rings is 1. The molecule has 7 heteroatoms. The maximum absolute atomic E-state index is 12.0. The molecule has 0 aliphatic rings. The Bertz CT molecular complexity index is 677. The van der Waals surface area contributed by atoms with Crippen LogP contribution in [0.25, 0.3) is 0 Å². The van der Waals surface area contributed by atoms with Gasteiger partial charge in [-0.25, -0.2) is 0 Å². The molecule has 0 aliphatic carbocycles. The molecule has 2 rings (SSSR count). The average molecular weight is 427 g/mol. The van der Waals surface area contributed by atoms with E-state index >= 15 is 0 Å². The Hall–Kier alpha value is -1.41. The van der Waals surface area contributed by atoms with Crippen LogP contribution in [0.3, 0.4) is 0 Å². The monoisotopic (exact) mass is 426 g/mol. The number of hydrogen-bond donors (Lipinski definition) is 3. The van der Waals surface area contributed by atoms with E-state index in [2.05, 4.69) is 26.6 Å². The fourth-order valence-corrected chi connectivity index (χ4v) is 3.26. The average Bonchev–Trinajstić information content (AvgIpc) is 3.04. The first-order chi connectivity index (χ1) is 11.9. The van der Waals surface area contributed by atoms with Crippen molar-refractivity contribution in [2.45, 2.75) is 32.4 Å². The Labute approximate surface area is 160 Å². The van der Waals surface area contributed by atoms with Crippen molar-refractivity contribution >= 4 is 38.9 Å². The fourth-order valence-electron chi connectivity index (χ4n) is 2.10. The number of benzene rings is 1. The van der Waals surface area contributed by atoms with Crippen molar-refractivity contribution in [3.05, 3.63) is 45.1 Å². The Morgan fingerprint density at radius 1 is 1.36 bits per heavy atom. The number of aliphatic hydroxyl groups is 1. The van der Waals surface area contributed by atoms with Crippen LogP contribution >= 0.6 is 27.3 Å². The summed E-state index contributed by atoms with van der Waals surface area (Å²) in [6, 6.07) is 7.60. The highest BCUT2D eigenvalue weighted by Crippen LogP contribution is 2.28. The van der Waals surface area contributed by atoms with Crippen molar-refractivity contribution in [1.82, 2.24) is 5.32 Å². The van der Waals surface area contributed by atoms with E-state index in [0.717, 1.165) is 10.0 Å². The SMILES string of the molecule is CC(C)NCC(O)COc1ccc(NC(=O)Cc2ccsc2)cc1Br. The number of ether oxygens (including phenoxy) is 1. The summed E-state index contributed by atoms with van der Waals surface area (Å²) in [6.07, 6.45) is -0.228. The summed E-state index contributed by atoms with van der Waals surface area (Å²) in [5, 5.41) is 19.8. The minimum atomic E-state index is -0.584. The van der Waals surface area contributed by atoms with Gasteiger partial charge >= 0.3 is 0 Å². The molecule has 0 saturated heterocycles. The van der Waals surface area contributed by atoms with Crippen molar-refractivity contribution < 1.29 is 14.6 Å². The number of aliphatic hydroxyl groups excluding tert-OH is 1. The molecular formula is C18H23BrN2O3S. The van der Waals surface area contributed by atoms with Crippen LogP contribution in [-0.4, -0.2) is 36.3 Å². The van der Waals surface area contributed by atoms with Crippen molar-refractivity contribution in [3.8, 4) is 5.75 Å². The molecule has 0 saturated carbocycles. The lowest BCUT2D eigenvalue weighted by molar-refractivity contribution is -0.115. The third kappa shape index (κ3) is 7.15. The number of hydrogen-bond acceptors (Lipinski definition) is 5. The van der Waals surface area contributed by atoms with Gasteiger partial charge in [-0.3, -0.25) is 4.79 Å². The van der Waals surface area contributed by atoms with Gasteiger partial charge in [-0.2, -0.15) is 11.3 Å². The van der Waals surface area contributed by atoms with E-state index in [0.29, 0.717) is 30.4 Å². The largest absolute Gasteiger partial charge is 0.490 e. The second-order valence-electron chi connectivity index (χ2n) is 6.03. The summed E-state index contributed by atoms with van der Waals surface area (Å²) in [6.45, 7) is 4.72. The van der Waals surface area contributed by atoms with Crippen LogP contribution in [0.2, 0.25) is 0 Å². The molecule has 136 valence electrons. The zero-order chi connectivity index (χ0) is 18.2. The zero-order valence-electron chi connectivity index (χ0n) is 14.3. The molecule has 1 amide bonds. The zero-order valence-corrected chi connectivity index (χ0v) is 16.7. The number of amides is 1. The quantitative estimate of drug-likeness (QED) is 0.574. The summed E-state index contributed by atoms with van der Waals surface area (Å²) >= 11 is 5.01. The molecule has 0 radical (unpaired) electrons. The lowest BCUT2D eigenvalue weighted by Crippen LogP contribution is -2.35. The molecule has 1 unspecified atom stereocenters. The van der Waals surface area contributed by atoms with Crippen molar-refractivity contribution in [2.24, 2.45) is 0 Å². The van der Waals surface area contributed by atoms with E-state index in [1.807, 2.05) is 30.7 Å². The van der Waals surface area contributed by atoms with Gasteiger partial charge in [-0.05, 0) is 56.5 Å². The topological polar surface area (TPSA) is 70.6 Å². The third-order valence-electron chi connectivity index (χ3n) is 3.35. The van der Waals surface area contributed by atoms with Crippen LogP contribution in [0, 0.1) is 0 Å². The van der Waals surface area contributed by atoms with E-state index < -0.39 is 6.10 Å². The van der Waals surface area contributed by atoms with Gasteiger partial charge in [-0.15, -0.1) is 0 Å². The molecular weight excluding hydrogens is 404 g/mol. The second-order valence-corrected chi connectivity index (χ2v) is 7.66. The van der Waals surface area contributed by atoms with Gasteiger partial charge in [-0.1, -0.05) is 13.8 Å². The smallest absolute Gasteiger partial charge is 0.228 e. The predicted molar refractivity (Wildman–Crippen MR) is 105 cm³/mol. The summed E-state index contributed by atoms with van der Waals surface area (Å²) in [5.41, 5.74) is 1.70. The number of carbonyl (C=O) groups is 1.